The minimum Gasteiger partial charge on any atom is -0.340 e. The van der Waals surface area contributed by atoms with Crippen molar-refractivity contribution in [2.45, 2.75) is 44.6 Å². The maximum absolute atomic E-state index is 14.1. The molecule has 5 rings (SSSR count). The lowest BCUT2D eigenvalue weighted by molar-refractivity contribution is -0.140. The lowest BCUT2D eigenvalue weighted by atomic mass is 9.94. The van der Waals surface area contributed by atoms with Gasteiger partial charge in [0.2, 0.25) is 11.8 Å². The van der Waals surface area contributed by atoms with Crippen LogP contribution >= 0.6 is 0 Å². The second-order valence-corrected chi connectivity index (χ2v) is 10.2. The average molecular weight is 519 g/mol. The smallest absolute Gasteiger partial charge is 0.240 e. The third kappa shape index (κ3) is 5.47. The number of hydrogen-bond donors (Lipinski definition) is 1. The van der Waals surface area contributed by atoms with Crippen molar-refractivity contribution in [2.24, 2.45) is 5.73 Å². The van der Waals surface area contributed by atoms with E-state index >= 15 is 0 Å². The normalized spacial score (nSPS) is 19.2. The van der Waals surface area contributed by atoms with Crippen LogP contribution in [-0.2, 0) is 22.7 Å². The second-order valence-electron chi connectivity index (χ2n) is 10.2. The van der Waals surface area contributed by atoms with Crippen LogP contribution in [0.2, 0.25) is 0 Å². The topological polar surface area (TPSA) is 69.9 Å². The van der Waals surface area contributed by atoms with Gasteiger partial charge in [-0.15, -0.1) is 0 Å². The zero-order chi connectivity index (χ0) is 26.8. The van der Waals surface area contributed by atoms with E-state index in [0.717, 1.165) is 22.3 Å². The molecule has 3 atom stereocenters. The summed E-state index contributed by atoms with van der Waals surface area (Å²) in [6.45, 7) is 4.47. The van der Waals surface area contributed by atoms with Crippen molar-refractivity contribution in [2.75, 3.05) is 19.6 Å². The summed E-state index contributed by atoms with van der Waals surface area (Å²) in [5, 5.41) is 0. The first-order chi connectivity index (χ1) is 18.3. The molecule has 0 saturated carbocycles. The zero-order valence-electron chi connectivity index (χ0n) is 21.4. The summed E-state index contributed by atoms with van der Waals surface area (Å²) in [6, 6.07) is 19.3. The van der Waals surface area contributed by atoms with Gasteiger partial charge in [0.05, 0.1) is 18.5 Å². The molecular weight excluding hydrogens is 486 g/mol. The van der Waals surface area contributed by atoms with Crippen molar-refractivity contribution in [1.29, 1.82) is 0 Å². The van der Waals surface area contributed by atoms with Crippen LogP contribution in [0.5, 0.6) is 0 Å². The molecule has 3 aromatic rings. The van der Waals surface area contributed by atoms with Crippen LogP contribution in [0.15, 0.2) is 72.8 Å². The van der Waals surface area contributed by atoms with Gasteiger partial charge in [-0.25, -0.2) is 8.78 Å². The number of fused-ring (bicyclic) bond motifs is 1. The summed E-state index contributed by atoms with van der Waals surface area (Å²) in [5.41, 5.74) is 10.0. The molecule has 8 heteroatoms. The SMILES string of the molecule is C[C@@H]1CN(C(=O)C[C@H](N)C(=O)N2Cc3ccccc3C2)CCN1C(c1ccc(F)cc1)c1cccc(F)c1. The monoisotopic (exact) mass is 518 g/mol. The number of amides is 2. The fraction of sp³-hybridized carbons (Fsp3) is 0.333. The van der Waals surface area contributed by atoms with Gasteiger partial charge < -0.3 is 15.5 Å². The Labute approximate surface area is 221 Å². The zero-order valence-corrected chi connectivity index (χ0v) is 21.4. The van der Waals surface area contributed by atoms with Gasteiger partial charge in [-0.2, -0.15) is 0 Å². The average Bonchev–Trinajstić information content (AvgIpc) is 3.35. The van der Waals surface area contributed by atoms with Gasteiger partial charge in [0.15, 0.2) is 0 Å². The predicted octanol–water partition coefficient (Wildman–Crippen LogP) is 3.85. The fourth-order valence-corrected chi connectivity index (χ4v) is 5.61. The molecule has 0 spiro atoms. The van der Waals surface area contributed by atoms with Crippen LogP contribution in [0.1, 0.15) is 41.6 Å². The number of hydrogen-bond acceptors (Lipinski definition) is 4. The lowest BCUT2D eigenvalue weighted by Gasteiger charge is -2.44. The van der Waals surface area contributed by atoms with Crippen molar-refractivity contribution >= 4 is 11.8 Å². The number of rotatable bonds is 6. The number of piperazine rings is 1. The van der Waals surface area contributed by atoms with Crippen LogP contribution in [0.25, 0.3) is 0 Å². The van der Waals surface area contributed by atoms with E-state index in [-0.39, 0.29) is 42.0 Å². The van der Waals surface area contributed by atoms with Gasteiger partial charge >= 0.3 is 0 Å². The summed E-state index contributed by atoms with van der Waals surface area (Å²) in [5.74, 6) is -1.04. The van der Waals surface area contributed by atoms with Gasteiger partial charge in [-0.05, 0) is 53.4 Å². The minimum absolute atomic E-state index is 0.0519. The van der Waals surface area contributed by atoms with Crippen molar-refractivity contribution in [3.8, 4) is 0 Å². The Morgan fingerprint density at radius 1 is 0.868 bits per heavy atom. The number of halogens is 2. The van der Waals surface area contributed by atoms with Gasteiger partial charge in [-0.1, -0.05) is 48.5 Å². The molecule has 2 aliphatic heterocycles. The summed E-state index contributed by atoms with van der Waals surface area (Å²) in [4.78, 5) is 31.8. The first kappa shape index (κ1) is 26.0. The Morgan fingerprint density at radius 3 is 2.18 bits per heavy atom. The van der Waals surface area contributed by atoms with Crippen LogP contribution < -0.4 is 5.73 Å². The van der Waals surface area contributed by atoms with Crippen LogP contribution in [0, 0.1) is 11.6 Å². The molecule has 2 amide bonds. The first-order valence-electron chi connectivity index (χ1n) is 13.0. The number of benzene rings is 3. The molecule has 0 aliphatic carbocycles. The molecule has 0 radical (unpaired) electrons. The number of carbonyl (C=O) groups excluding carboxylic acids is 2. The number of nitrogens with two attached hydrogens (primary N) is 1. The standard InChI is InChI=1S/C30H32F2N4O2/c1-20-17-34(28(37)16-27(33)30(38)35-18-23-5-2-3-6-24(23)19-35)13-14-36(20)29(21-9-11-25(31)12-10-21)22-7-4-8-26(32)15-22/h2-12,15,20,27,29H,13-14,16-19,33H2,1H3/t20-,27+,29?/m1/s1. The third-order valence-electron chi connectivity index (χ3n) is 7.58. The van der Waals surface area contributed by atoms with E-state index in [2.05, 4.69) is 4.90 Å². The van der Waals surface area contributed by atoms with Crippen LogP contribution in [-0.4, -0.2) is 58.2 Å². The molecule has 6 nitrogen and oxygen atoms in total. The van der Waals surface area contributed by atoms with Gasteiger partial charge in [0.1, 0.15) is 11.6 Å². The molecule has 2 heterocycles. The maximum atomic E-state index is 14.1. The summed E-state index contributed by atoms with van der Waals surface area (Å²) < 4.78 is 27.8. The Kier molecular flexibility index (Phi) is 7.53. The van der Waals surface area contributed by atoms with Gasteiger partial charge in [0, 0.05) is 38.8 Å². The predicted molar refractivity (Wildman–Crippen MR) is 141 cm³/mol. The maximum Gasteiger partial charge on any atom is 0.240 e. The third-order valence-corrected chi connectivity index (χ3v) is 7.58. The van der Waals surface area contributed by atoms with E-state index in [0.29, 0.717) is 32.7 Å². The van der Waals surface area contributed by atoms with Crippen molar-refractivity contribution < 1.29 is 18.4 Å². The molecule has 1 saturated heterocycles. The van der Waals surface area contributed by atoms with E-state index in [9.17, 15) is 18.4 Å². The second kappa shape index (κ2) is 11.0. The highest BCUT2D eigenvalue weighted by molar-refractivity contribution is 5.88. The Morgan fingerprint density at radius 2 is 1.55 bits per heavy atom. The van der Waals surface area contributed by atoms with Crippen molar-refractivity contribution in [3.63, 3.8) is 0 Å². The summed E-state index contributed by atoms with van der Waals surface area (Å²) >= 11 is 0. The van der Waals surface area contributed by atoms with Gasteiger partial charge in [-0.3, -0.25) is 14.5 Å². The molecule has 1 unspecified atom stereocenters. The lowest BCUT2D eigenvalue weighted by Crippen LogP contribution is -2.55. The molecule has 2 N–H and O–H groups in total. The quantitative estimate of drug-likeness (QED) is 0.538. The Hall–Kier alpha value is -3.62. The molecule has 3 aromatic carbocycles. The van der Waals surface area contributed by atoms with Crippen LogP contribution in [0.4, 0.5) is 8.78 Å². The van der Waals surface area contributed by atoms with E-state index in [1.165, 1.54) is 24.3 Å². The largest absolute Gasteiger partial charge is 0.340 e. The van der Waals surface area contributed by atoms with Gasteiger partial charge in [0.25, 0.3) is 0 Å². The minimum atomic E-state index is -0.899. The molecule has 0 bridgehead atoms. The molecule has 1 fully saturated rings. The van der Waals surface area contributed by atoms with E-state index in [1.54, 1.807) is 28.0 Å². The highest BCUT2D eigenvalue weighted by atomic mass is 19.1. The van der Waals surface area contributed by atoms with E-state index in [4.69, 9.17) is 5.73 Å². The van der Waals surface area contributed by atoms with Crippen LogP contribution in [0.3, 0.4) is 0 Å². The highest BCUT2D eigenvalue weighted by Crippen LogP contribution is 2.32. The molecule has 198 valence electrons. The fourth-order valence-electron chi connectivity index (χ4n) is 5.61. The van der Waals surface area contributed by atoms with E-state index < -0.39 is 6.04 Å². The highest BCUT2D eigenvalue weighted by Gasteiger charge is 2.35. The molecule has 2 aliphatic rings. The Bertz CT molecular complexity index is 1290. The molecule has 0 aromatic heterocycles. The molecular formula is C30H32F2N4O2. The van der Waals surface area contributed by atoms with Crippen molar-refractivity contribution in [3.05, 3.63) is 107 Å². The Balaban J connectivity index is 1.24. The number of carbonyl (C=O) groups is 2. The number of nitrogens with zero attached hydrogens (tertiary/aromatic N) is 3. The van der Waals surface area contributed by atoms with Crippen molar-refractivity contribution in [1.82, 2.24) is 14.7 Å². The first-order valence-corrected chi connectivity index (χ1v) is 13.0. The summed E-state index contributed by atoms with van der Waals surface area (Å²) in [7, 11) is 0. The van der Waals surface area contributed by atoms with E-state index in [1.807, 2.05) is 37.3 Å². The molecule has 38 heavy (non-hydrogen) atoms. The summed E-state index contributed by atoms with van der Waals surface area (Å²) in [6.07, 6.45) is -0.0519.